The Labute approximate surface area is 147 Å². The number of benzene rings is 2. The Morgan fingerprint density at radius 1 is 1.27 bits per heavy atom. The first-order valence-corrected chi connectivity index (χ1v) is 7.55. The number of ether oxygens (including phenoxy) is 1. The minimum Gasteiger partial charge on any atom is -0.450 e. The van der Waals surface area contributed by atoms with Crippen LogP contribution in [-0.4, -0.2) is 28.8 Å². The molecule has 0 spiro atoms. The Morgan fingerprint density at radius 2 is 2.04 bits per heavy atom. The summed E-state index contributed by atoms with van der Waals surface area (Å²) in [5.41, 5.74) is 6.29. The summed E-state index contributed by atoms with van der Waals surface area (Å²) in [4.78, 5) is 29.2. The summed E-state index contributed by atoms with van der Waals surface area (Å²) >= 11 is 0. The van der Waals surface area contributed by atoms with Crippen molar-refractivity contribution >= 4 is 28.5 Å². The van der Waals surface area contributed by atoms with Crippen LogP contribution in [-0.2, 0) is 0 Å². The molecule has 1 amide bonds. The fourth-order valence-electron chi connectivity index (χ4n) is 2.35. The number of nitrogens with one attached hydrogen (secondary N) is 2. The maximum Gasteiger partial charge on any atom is 0.311 e. The van der Waals surface area contributed by atoms with Gasteiger partial charge in [0, 0.05) is 30.1 Å². The fourth-order valence-corrected chi connectivity index (χ4v) is 2.35. The molecule has 0 saturated carbocycles. The number of nitrogens with two attached hydrogens (primary N) is 1. The Balaban J connectivity index is 1.88. The van der Waals surface area contributed by atoms with Crippen molar-refractivity contribution in [2.24, 2.45) is 10.7 Å². The van der Waals surface area contributed by atoms with Gasteiger partial charge in [0.15, 0.2) is 5.96 Å². The number of carbonyl (C=O) groups excluding carboxylic acids is 1. The van der Waals surface area contributed by atoms with E-state index < -0.39 is 10.8 Å². The van der Waals surface area contributed by atoms with E-state index in [0.717, 1.165) is 5.39 Å². The van der Waals surface area contributed by atoms with Crippen molar-refractivity contribution in [1.29, 1.82) is 0 Å². The molecule has 9 nitrogen and oxygen atoms in total. The molecule has 0 aliphatic rings. The molecule has 1 heterocycles. The number of nitro benzene ring substituents is 1. The summed E-state index contributed by atoms with van der Waals surface area (Å²) in [6.07, 6.45) is 0. The topological polar surface area (TPSA) is 136 Å². The van der Waals surface area contributed by atoms with Crippen LogP contribution in [0.2, 0.25) is 0 Å². The van der Waals surface area contributed by atoms with Crippen LogP contribution in [0.4, 0.5) is 5.69 Å². The molecule has 9 heteroatoms. The average molecular weight is 353 g/mol. The van der Waals surface area contributed by atoms with Gasteiger partial charge in [-0.3, -0.25) is 25.2 Å². The second-order valence-corrected chi connectivity index (χ2v) is 5.32. The molecular formula is C17H15N5O4. The smallest absolute Gasteiger partial charge is 0.311 e. The van der Waals surface area contributed by atoms with Crippen LogP contribution in [0.1, 0.15) is 10.5 Å². The van der Waals surface area contributed by atoms with Crippen molar-refractivity contribution in [2.75, 3.05) is 7.05 Å². The van der Waals surface area contributed by atoms with Crippen LogP contribution < -0.4 is 15.8 Å². The number of aromatic amines is 1. The van der Waals surface area contributed by atoms with Crippen LogP contribution in [0.25, 0.3) is 10.9 Å². The largest absolute Gasteiger partial charge is 0.450 e. The second-order valence-electron chi connectivity index (χ2n) is 5.32. The summed E-state index contributed by atoms with van der Waals surface area (Å²) in [5.74, 6) is 0.114. The molecule has 0 atom stereocenters. The Hall–Kier alpha value is -3.88. The Morgan fingerprint density at radius 3 is 2.77 bits per heavy atom. The van der Waals surface area contributed by atoms with Crippen molar-refractivity contribution in [3.8, 4) is 11.5 Å². The highest BCUT2D eigenvalue weighted by Gasteiger charge is 2.15. The molecule has 0 bridgehead atoms. The number of H-pyrrole nitrogens is 1. The third-order valence-corrected chi connectivity index (χ3v) is 3.61. The highest BCUT2D eigenvalue weighted by Crippen LogP contribution is 2.32. The lowest BCUT2D eigenvalue weighted by molar-refractivity contribution is -0.385. The van der Waals surface area contributed by atoms with Crippen molar-refractivity contribution < 1.29 is 14.5 Å². The number of fused-ring (bicyclic) bond motifs is 1. The van der Waals surface area contributed by atoms with E-state index in [4.69, 9.17) is 10.5 Å². The SMILES string of the molecule is CN=C(N)NC(=O)c1cc2ccc(Oc3ccccc3[N+](=O)[O-])cc2[nH]1. The van der Waals surface area contributed by atoms with Gasteiger partial charge in [-0.2, -0.15) is 0 Å². The standard InChI is InChI=1S/C17H15N5O4/c1-19-17(18)21-16(23)13-8-10-6-7-11(9-12(10)20-13)26-15-5-3-2-4-14(15)22(24)25/h2-9,20H,1H3,(H3,18,19,21,23). The molecule has 0 aliphatic carbocycles. The number of rotatable bonds is 4. The number of carbonyl (C=O) groups is 1. The molecule has 0 saturated heterocycles. The molecule has 4 N–H and O–H groups in total. The summed E-state index contributed by atoms with van der Waals surface area (Å²) in [7, 11) is 1.47. The van der Waals surface area contributed by atoms with Crippen molar-refractivity contribution in [1.82, 2.24) is 10.3 Å². The van der Waals surface area contributed by atoms with Crippen LogP contribution in [0.5, 0.6) is 11.5 Å². The third kappa shape index (κ3) is 3.46. The van der Waals surface area contributed by atoms with Gasteiger partial charge >= 0.3 is 5.69 Å². The van der Waals surface area contributed by atoms with Crippen LogP contribution in [0, 0.1) is 10.1 Å². The number of aliphatic imine (C=N–C) groups is 1. The van der Waals surface area contributed by atoms with E-state index in [0.29, 0.717) is 17.0 Å². The quantitative estimate of drug-likeness (QED) is 0.287. The summed E-state index contributed by atoms with van der Waals surface area (Å²) in [6.45, 7) is 0. The number of amides is 1. The van der Waals surface area contributed by atoms with Gasteiger partial charge in [-0.1, -0.05) is 12.1 Å². The van der Waals surface area contributed by atoms with Crippen molar-refractivity contribution in [3.05, 3.63) is 64.3 Å². The van der Waals surface area contributed by atoms with Crippen LogP contribution in [0.15, 0.2) is 53.5 Å². The molecular weight excluding hydrogens is 338 g/mol. The van der Waals surface area contributed by atoms with Gasteiger partial charge in [-0.25, -0.2) is 0 Å². The predicted octanol–water partition coefficient (Wildman–Crippen LogP) is 2.54. The first kappa shape index (κ1) is 17.0. The van der Waals surface area contributed by atoms with Crippen molar-refractivity contribution in [2.45, 2.75) is 0 Å². The van der Waals surface area contributed by atoms with Gasteiger partial charge in [0.2, 0.25) is 5.75 Å². The van der Waals surface area contributed by atoms with Gasteiger partial charge in [0.25, 0.3) is 5.91 Å². The fraction of sp³-hybridized carbons (Fsp3) is 0.0588. The molecule has 1 aromatic heterocycles. The number of nitrogens with zero attached hydrogens (tertiary/aromatic N) is 2. The Bertz CT molecular complexity index is 1020. The maximum absolute atomic E-state index is 12.1. The first-order valence-electron chi connectivity index (χ1n) is 7.55. The minimum atomic E-state index is -0.509. The maximum atomic E-state index is 12.1. The van der Waals surface area contributed by atoms with Gasteiger partial charge < -0.3 is 15.5 Å². The molecule has 132 valence electrons. The zero-order valence-corrected chi connectivity index (χ0v) is 13.7. The number of guanidine groups is 1. The lowest BCUT2D eigenvalue weighted by atomic mass is 10.2. The molecule has 2 aromatic carbocycles. The third-order valence-electron chi connectivity index (χ3n) is 3.61. The molecule has 0 unspecified atom stereocenters. The normalized spacial score (nSPS) is 11.3. The lowest BCUT2D eigenvalue weighted by Crippen LogP contribution is -2.36. The van der Waals surface area contributed by atoms with E-state index in [2.05, 4.69) is 15.3 Å². The second kappa shape index (κ2) is 6.93. The molecule has 0 radical (unpaired) electrons. The number of aromatic nitrogens is 1. The molecule has 0 aliphatic heterocycles. The number of para-hydroxylation sites is 2. The average Bonchev–Trinajstić information content (AvgIpc) is 3.05. The van der Waals surface area contributed by atoms with E-state index in [-0.39, 0.29) is 17.4 Å². The van der Waals surface area contributed by atoms with E-state index in [1.807, 2.05) is 0 Å². The van der Waals surface area contributed by atoms with Crippen LogP contribution >= 0.6 is 0 Å². The summed E-state index contributed by atoms with van der Waals surface area (Å²) < 4.78 is 5.63. The van der Waals surface area contributed by atoms with Gasteiger partial charge in [-0.15, -0.1) is 0 Å². The number of nitro groups is 1. The predicted molar refractivity (Wildman–Crippen MR) is 96.5 cm³/mol. The van der Waals surface area contributed by atoms with Gasteiger partial charge in [0.1, 0.15) is 11.4 Å². The monoisotopic (exact) mass is 353 g/mol. The number of hydrogen-bond donors (Lipinski definition) is 3. The minimum absolute atomic E-state index is 0.00839. The highest BCUT2D eigenvalue weighted by atomic mass is 16.6. The van der Waals surface area contributed by atoms with Crippen LogP contribution in [0.3, 0.4) is 0 Å². The van der Waals surface area contributed by atoms with Crippen molar-refractivity contribution in [3.63, 3.8) is 0 Å². The Kier molecular flexibility index (Phi) is 4.52. The molecule has 26 heavy (non-hydrogen) atoms. The highest BCUT2D eigenvalue weighted by molar-refractivity contribution is 6.06. The summed E-state index contributed by atoms with van der Waals surface area (Å²) in [6, 6.07) is 12.8. The number of hydrogen-bond acceptors (Lipinski definition) is 5. The zero-order chi connectivity index (χ0) is 18.7. The summed E-state index contributed by atoms with van der Waals surface area (Å²) in [5, 5.41) is 14.3. The van der Waals surface area contributed by atoms with E-state index in [1.54, 1.807) is 36.4 Å². The zero-order valence-electron chi connectivity index (χ0n) is 13.7. The van der Waals surface area contributed by atoms with E-state index in [1.165, 1.54) is 19.2 Å². The lowest BCUT2D eigenvalue weighted by Gasteiger charge is -2.06. The molecule has 3 rings (SSSR count). The van der Waals surface area contributed by atoms with E-state index >= 15 is 0 Å². The molecule has 3 aromatic rings. The molecule has 0 fully saturated rings. The first-order chi connectivity index (χ1) is 12.5. The van der Waals surface area contributed by atoms with Gasteiger partial charge in [-0.05, 0) is 24.3 Å². The van der Waals surface area contributed by atoms with E-state index in [9.17, 15) is 14.9 Å². The van der Waals surface area contributed by atoms with Gasteiger partial charge in [0.05, 0.1) is 4.92 Å².